The molecule has 0 spiro atoms. The molecule has 2 aromatic carbocycles. The van der Waals surface area contributed by atoms with Gasteiger partial charge in [0, 0.05) is 12.7 Å². The van der Waals surface area contributed by atoms with E-state index in [-0.39, 0.29) is 18.3 Å². The number of likely N-dealkylation sites (N-methyl/N-ethyl adjacent to an activating group) is 1. The van der Waals surface area contributed by atoms with E-state index in [4.69, 9.17) is 9.47 Å². The molecule has 0 aliphatic heterocycles. The number of amides is 1. The molecule has 0 saturated carbocycles. The molecule has 5 nitrogen and oxygen atoms in total. The zero-order valence-electron chi connectivity index (χ0n) is 11.9. The summed E-state index contributed by atoms with van der Waals surface area (Å²) in [5, 5.41) is 9.24. The van der Waals surface area contributed by atoms with Gasteiger partial charge in [0.05, 0.1) is 7.11 Å². The third-order valence-electron chi connectivity index (χ3n) is 3.03. The van der Waals surface area contributed by atoms with Crippen molar-refractivity contribution in [2.45, 2.75) is 0 Å². The summed E-state index contributed by atoms with van der Waals surface area (Å²) in [6.45, 7) is -0.0995. The Balaban J connectivity index is 1.99. The minimum atomic E-state index is -0.202. The fourth-order valence-corrected chi connectivity index (χ4v) is 1.79. The number of benzene rings is 2. The van der Waals surface area contributed by atoms with E-state index in [2.05, 4.69) is 0 Å². The third-order valence-corrected chi connectivity index (χ3v) is 3.03. The van der Waals surface area contributed by atoms with Gasteiger partial charge in [-0.3, -0.25) is 4.79 Å². The lowest BCUT2D eigenvalue weighted by atomic mass is 10.3. The molecular formula is C16H17NO4. The molecule has 0 radical (unpaired) electrons. The highest BCUT2D eigenvalue weighted by molar-refractivity contribution is 5.93. The van der Waals surface area contributed by atoms with Gasteiger partial charge in [-0.2, -0.15) is 0 Å². The van der Waals surface area contributed by atoms with Crippen molar-refractivity contribution in [2.24, 2.45) is 0 Å². The maximum Gasteiger partial charge on any atom is 0.264 e. The van der Waals surface area contributed by atoms with Gasteiger partial charge in [0.2, 0.25) is 0 Å². The molecule has 0 aliphatic rings. The molecule has 5 heteroatoms. The second-order valence-electron chi connectivity index (χ2n) is 4.41. The molecule has 110 valence electrons. The second-order valence-corrected chi connectivity index (χ2v) is 4.41. The summed E-state index contributed by atoms with van der Waals surface area (Å²) in [7, 11) is 3.20. The lowest BCUT2D eigenvalue weighted by molar-refractivity contribution is -0.120. The van der Waals surface area contributed by atoms with Crippen molar-refractivity contribution in [3.05, 3.63) is 48.5 Å². The maximum absolute atomic E-state index is 12.1. The molecule has 0 aliphatic carbocycles. The predicted octanol–water partition coefficient (Wildman–Crippen LogP) is 2.44. The Bertz CT molecular complexity index is 610. The van der Waals surface area contributed by atoms with Crippen molar-refractivity contribution in [3.8, 4) is 17.2 Å². The van der Waals surface area contributed by atoms with Gasteiger partial charge in [-0.15, -0.1) is 0 Å². The SMILES string of the molecule is COc1ccccc1OCC(=O)N(C)c1ccc(O)cc1. The summed E-state index contributed by atoms with van der Waals surface area (Å²) in [5.41, 5.74) is 0.682. The summed E-state index contributed by atoms with van der Waals surface area (Å²) < 4.78 is 10.6. The second kappa shape index (κ2) is 6.65. The zero-order valence-corrected chi connectivity index (χ0v) is 11.9. The molecule has 21 heavy (non-hydrogen) atoms. The van der Waals surface area contributed by atoms with E-state index in [1.54, 1.807) is 38.4 Å². The number of carbonyl (C=O) groups is 1. The number of hydrogen-bond donors (Lipinski definition) is 1. The number of carbonyl (C=O) groups excluding carboxylic acids is 1. The van der Waals surface area contributed by atoms with Gasteiger partial charge in [-0.25, -0.2) is 0 Å². The molecule has 0 aromatic heterocycles. The molecule has 0 fully saturated rings. The van der Waals surface area contributed by atoms with Crippen molar-refractivity contribution in [2.75, 3.05) is 25.7 Å². The highest BCUT2D eigenvalue weighted by Gasteiger charge is 2.13. The highest BCUT2D eigenvalue weighted by atomic mass is 16.5. The number of nitrogens with zero attached hydrogens (tertiary/aromatic N) is 1. The monoisotopic (exact) mass is 287 g/mol. The van der Waals surface area contributed by atoms with Crippen LogP contribution in [0.1, 0.15) is 0 Å². The van der Waals surface area contributed by atoms with Gasteiger partial charge < -0.3 is 19.5 Å². The van der Waals surface area contributed by atoms with E-state index in [1.165, 1.54) is 17.0 Å². The van der Waals surface area contributed by atoms with Crippen LogP contribution in [-0.2, 0) is 4.79 Å². The lowest BCUT2D eigenvalue weighted by Crippen LogP contribution is -2.31. The highest BCUT2D eigenvalue weighted by Crippen LogP contribution is 2.26. The number of methoxy groups -OCH3 is 1. The Morgan fingerprint density at radius 2 is 1.71 bits per heavy atom. The lowest BCUT2D eigenvalue weighted by Gasteiger charge is -2.18. The van der Waals surface area contributed by atoms with Crippen LogP contribution >= 0.6 is 0 Å². The maximum atomic E-state index is 12.1. The van der Waals surface area contributed by atoms with Crippen molar-refractivity contribution in [3.63, 3.8) is 0 Å². The Morgan fingerprint density at radius 3 is 2.33 bits per heavy atom. The number of anilines is 1. The Hall–Kier alpha value is -2.69. The number of phenolic OH excluding ortho intramolecular Hbond substituents is 1. The van der Waals surface area contributed by atoms with Crippen LogP contribution in [0.4, 0.5) is 5.69 Å². The number of hydrogen-bond acceptors (Lipinski definition) is 4. The Morgan fingerprint density at radius 1 is 1.10 bits per heavy atom. The molecule has 2 rings (SSSR count). The van der Waals surface area contributed by atoms with E-state index in [0.717, 1.165) is 0 Å². The summed E-state index contributed by atoms with van der Waals surface area (Å²) in [5.74, 6) is 1.06. The van der Waals surface area contributed by atoms with Gasteiger partial charge >= 0.3 is 0 Å². The van der Waals surface area contributed by atoms with Gasteiger partial charge in [-0.1, -0.05) is 12.1 Å². The molecule has 0 bridgehead atoms. The quantitative estimate of drug-likeness (QED) is 0.917. The third kappa shape index (κ3) is 3.66. The van der Waals surface area contributed by atoms with Crippen LogP contribution in [0.2, 0.25) is 0 Å². The minimum absolute atomic E-state index is 0.0995. The van der Waals surface area contributed by atoms with Gasteiger partial charge in [0.25, 0.3) is 5.91 Å². The van der Waals surface area contributed by atoms with Crippen molar-refractivity contribution in [1.82, 2.24) is 0 Å². The first-order chi connectivity index (χ1) is 10.1. The average molecular weight is 287 g/mol. The number of aromatic hydroxyl groups is 1. The van der Waals surface area contributed by atoms with E-state index >= 15 is 0 Å². The van der Waals surface area contributed by atoms with Gasteiger partial charge in [0.15, 0.2) is 18.1 Å². The molecule has 0 atom stereocenters. The fraction of sp³-hybridized carbons (Fsp3) is 0.188. The Kier molecular flexibility index (Phi) is 4.66. The van der Waals surface area contributed by atoms with E-state index in [9.17, 15) is 9.90 Å². The molecule has 0 heterocycles. The van der Waals surface area contributed by atoms with Crippen LogP contribution in [-0.4, -0.2) is 31.8 Å². The Labute approximate surface area is 123 Å². The van der Waals surface area contributed by atoms with Crippen LogP contribution in [0, 0.1) is 0 Å². The smallest absolute Gasteiger partial charge is 0.264 e. The van der Waals surface area contributed by atoms with E-state index in [0.29, 0.717) is 17.2 Å². The van der Waals surface area contributed by atoms with Gasteiger partial charge in [-0.05, 0) is 36.4 Å². The summed E-state index contributed by atoms with van der Waals surface area (Å²) in [4.78, 5) is 13.6. The number of para-hydroxylation sites is 2. The summed E-state index contributed by atoms with van der Waals surface area (Å²) >= 11 is 0. The van der Waals surface area contributed by atoms with Gasteiger partial charge in [0.1, 0.15) is 5.75 Å². The van der Waals surface area contributed by atoms with Crippen molar-refractivity contribution < 1.29 is 19.4 Å². The standard InChI is InChI=1S/C16H17NO4/c1-17(12-7-9-13(18)10-8-12)16(19)11-21-15-6-4-3-5-14(15)20-2/h3-10,18H,11H2,1-2H3. The number of phenols is 1. The first kappa shape index (κ1) is 14.7. The molecular weight excluding hydrogens is 270 g/mol. The van der Waals surface area contributed by atoms with E-state index in [1.807, 2.05) is 12.1 Å². The van der Waals surface area contributed by atoms with Crippen LogP contribution in [0.3, 0.4) is 0 Å². The predicted molar refractivity (Wildman–Crippen MR) is 80.0 cm³/mol. The topological polar surface area (TPSA) is 59.0 Å². The van der Waals surface area contributed by atoms with Crippen LogP contribution in [0.15, 0.2) is 48.5 Å². The molecule has 1 N–H and O–H groups in total. The molecule has 0 unspecified atom stereocenters. The molecule has 2 aromatic rings. The van der Waals surface area contributed by atoms with E-state index < -0.39 is 0 Å². The average Bonchev–Trinajstić information content (AvgIpc) is 2.52. The van der Waals surface area contributed by atoms with Crippen LogP contribution in [0.5, 0.6) is 17.2 Å². The van der Waals surface area contributed by atoms with Crippen LogP contribution < -0.4 is 14.4 Å². The fourth-order valence-electron chi connectivity index (χ4n) is 1.79. The minimum Gasteiger partial charge on any atom is -0.508 e. The van der Waals surface area contributed by atoms with Crippen molar-refractivity contribution in [1.29, 1.82) is 0 Å². The largest absolute Gasteiger partial charge is 0.508 e. The molecule has 0 saturated heterocycles. The summed E-state index contributed by atoms with van der Waals surface area (Å²) in [6.07, 6.45) is 0. The number of ether oxygens (including phenoxy) is 2. The molecule has 1 amide bonds. The first-order valence-corrected chi connectivity index (χ1v) is 6.43. The zero-order chi connectivity index (χ0) is 15.2. The first-order valence-electron chi connectivity index (χ1n) is 6.43. The van der Waals surface area contributed by atoms with Crippen LogP contribution in [0.25, 0.3) is 0 Å². The normalized spacial score (nSPS) is 10.0. The number of rotatable bonds is 5. The van der Waals surface area contributed by atoms with Crippen molar-refractivity contribution >= 4 is 11.6 Å². The summed E-state index contributed by atoms with van der Waals surface area (Å²) in [6, 6.07) is 13.5.